The number of carbonyl (C=O) groups is 1. The summed E-state index contributed by atoms with van der Waals surface area (Å²) in [5, 5.41) is 7.75. The van der Waals surface area contributed by atoms with Crippen LogP contribution in [0.1, 0.15) is 0 Å². The minimum Gasteiger partial charge on any atom is -0.480 e. The highest BCUT2D eigenvalue weighted by atomic mass is 19.1. The first-order chi connectivity index (χ1) is 3.27. The van der Waals surface area contributed by atoms with Crippen molar-refractivity contribution < 1.29 is 19.0 Å². The number of ether oxygens (including phenoxy) is 1. The van der Waals surface area contributed by atoms with Crippen molar-refractivity contribution in [2.24, 2.45) is 0 Å². The van der Waals surface area contributed by atoms with Crippen LogP contribution in [0.3, 0.4) is 0 Å². The van der Waals surface area contributed by atoms with E-state index >= 15 is 0 Å². The van der Waals surface area contributed by atoms with Crippen molar-refractivity contribution in [3.63, 3.8) is 0 Å². The summed E-state index contributed by atoms with van der Waals surface area (Å²) >= 11 is 0. The molecule has 0 rings (SSSR count). The Kier molecular flexibility index (Phi) is 3.22. The van der Waals surface area contributed by atoms with Gasteiger partial charge in [0.2, 0.25) is 0 Å². The van der Waals surface area contributed by atoms with E-state index in [1.54, 1.807) is 0 Å². The highest BCUT2D eigenvalue weighted by molar-refractivity contribution is 5.67. The van der Waals surface area contributed by atoms with Crippen molar-refractivity contribution in [3.05, 3.63) is 0 Å². The van der Waals surface area contributed by atoms with Gasteiger partial charge in [0.25, 0.3) is 0 Å². The van der Waals surface area contributed by atoms with Gasteiger partial charge in [-0.1, -0.05) is 0 Å². The van der Waals surface area contributed by atoms with Gasteiger partial charge in [0.15, 0.2) is 6.86 Å². The van der Waals surface area contributed by atoms with Gasteiger partial charge in [-0.25, -0.2) is 9.18 Å². The second-order valence-corrected chi connectivity index (χ2v) is 0.851. The van der Waals surface area contributed by atoms with E-state index in [9.17, 15) is 9.18 Å². The number of rotatable bonds is 3. The van der Waals surface area contributed by atoms with Gasteiger partial charge in [-0.3, -0.25) is 0 Å². The molecule has 0 unspecified atom stereocenters. The summed E-state index contributed by atoms with van der Waals surface area (Å²) < 4.78 is 14.7. The van der Waals surface area contributed by atoms with Crippen LogP contribution in [0.2, 0.25) is 0 Å². The summed E-state index contributed by atoms with van der Waals surface area (Å²) in [6.45, 7) is -1.59. The third-order valence-corrected chi connectivity index (χ3v) is 0.303. The van der Waals surface area contributed by atoms with Gasteiger partial charge in [0.1, 0.15) is 6.61 Å². The van der Waals surface area contributed by atoms with E-state index in [1.807, 2.05) is 0 Å². The maximum Gasteiger partial charge on any atom is 0.329 e. The van der Waals surface area contributed by atoms with Crippen molar-refractivity contribution in [1.29, 1.82) is 0 Å². The van der Waals surface area contributed by atoms with E-state index in [4.69, 9.17) is 5.11 Å². The lowest BCUT2D eigenvalue weighted by Gasteiger charge is -1.87. The second kappa shape index (κ2) is 3.55. The average molecular weight is 108 g/mol. The molecule has 0 amide bonds. The van der Waals surface area contributed by atoms with Crippen LogP contribution in [0.4, 0.5) is 4.39 Å². The second-order valence-electron chi connectivity index (χ2n) is 0.851. The molecule has 1 N–H and O–H groups in total. The van der Waals surface area contributed by atoms with Crippen molar-refractivity contribution >= 4 is 5.97 Å². The van der Waals surface area contributed by atoms with E-state index < -0.39 is 19.4 Å². The Morgan fingerprint density at radius 1 is 1.86 bits per heavy atom. The van der Waals surface area contributed by atoms with Crippen molar-refractivity contribution in [3.8, 4) is 0 Å². The van der Waals surface area contributed by atoms with Gasteiger partial charge in [0, 0.05) is 0 Å². The fourth-order valence-corrected chi connectivity index (χ4v) is 0.126. The molecule has 0 aliphatic rings. The molecule has 0 aliphatic heterocycles. The molecule has 0 heterocycles. The topological polar surface area (TPSA) is 46.5 Å². The lowest BCUT2D eigenvalue weighted by Crippen LogP contribution is -2.05. The van der Waals surface area contributed by atoms with Crippen LogP contribution in [-0.2, 0) is 9.53 Å². The molecule has 4 heteroatoms. The predicted octanol–water partition coefficient (Wildman–Crippen LogP) is 0.0146. The SMILES string of the molecule is O=C(O)COCF. The van der Waals surface area contributed by atoms with Gasteiger partial charge >= 0.3 is 5.97 Å². The van der Waals surface area contributed by atoms with Crippen molar-refractivity contribution in [2.45, 2.75) is 0 Å². The molecule has 0 bridgehead atoms. The molecule has 3 nitrogen and oxygen atoms in total. The summed E-state index contributed by atoms with van der Waals surface area (Å²) in [5.41, 5.74) is 0. The molecular weight excluding hydrogens is 103 g/mol. The summed E-state index contributed by atoms with van der Waals surface area (Å²) in [5.74, 6) is -1.15. The summed E-state index contributed by atoms with van der Waals surface area (Å²) in [6.07, 6.45) is 0. The lowest BCUT2D eigenvalue weighted by molar-refractivity contribution is -0.143. The van der Waals surface area contributed by atoms with Crippen LogP contribution in [0, 0.1) is 0 Å². The Labute approximate surface area is 39.7 Å². The third kappa shape index (κ3) is 5.36. The maximum atomic E-state index is 10.9. The Bertz CT molecular complexity index is 63.2. The van der Waals surface area contributed by atoms with Crippen LogP contribution in [0.5, 0.6) is 0 Å². The van der Waals surface area contributed by atoms with Gasteiger partial charge < -0.3 is 9.84 Å². The molecule has 0 spiro atoms. The highest BCUT2D eigenvalue weighted by Gasteiger charge is 1.91. The zero-order valence-corrected chi connectivity index (χ0v) is 3.56. The Morgan fingerprint density at radius 2 is 2.43 bits per heavy atom. The number of aliphatic carboxylic acids is 1. The summed E-state index contributed by atoms with van der Waals surface area (Å²) in [7, 11) is 0. The Morgan fingerprint density at radius 3 is 2.57 bits per heavy atom. The molecule has 0 aliphatic carbocycles. The molecule has 7 heavy (non-hydrogen) atoms. The normalized spacial score (nSPS) is 8.71. The molecule has 0 aromatic carbocycles. The number of carboxylic acids is 1. The van der Waals surface area contributed by atoms with E-state index in [2.05, 4.69) is 4.74 Å². The zero-order valence-electron chi connectivity index (χ0n) is 3.56. The molecule has 0 fully saturated rings. The van der Waals surface area contributed by atoms with Crippen LogP contribution in [0.15, 0.2) is 0 Å². The van der Waals surface area contributed by atoms with Crippen LogP contribution in [-0.4, -0.2) is 24.5 Å². The fraction of sp³-hybridized carbons (Fsp3) is 0.667. The number of halogens is 1. The number of carboxylic acid groups (broad SMARTS) is 1. The van der Waals surface area contributed by atoms with Gasteiger partial charge in [0.05, 0.1) is 0 Å². The minimum absolute atomic E-state index is 0.559. The quantitative estimate of drug-likeness (QED) is 0.554. The molecule has 0 atom stereocenters. The standard InChI is InChI=1S/C3H5FO3/c4-2-7-1-3(5)6/h1-2H2,(H,5,6). The minimum atomic E-state index is -1.15. The van der Waals surface area contributed by atoms with E-state index in [0.29, 0.717) is 0 Å². The van der Waals surface area contributed by atoms with Crippen LogP contribution < -0.4 is 0 Å². The molecule has 0 aromatic rings. The fourth-order valence-electron chi connectivity index (χ4n) is 0.126. The zero-order chi connectivity index (χ0) is 5.70. The Hall–Kier alpha value is -0.640. The summed E-state index contributed by atoms with van der Waals surface area (Å²) in [6, 6.07) is 0. The number of alkyl halides is 1. The average Bonchev–Trinajstić information content (AvgIpc) is 1.61. The van der Waals surface area contributed by atoms with Gasteiger partial charge in [-0.2, -0.15) is 0 Å². The van der Waals surface area contributed by atoms with Gasteiger partial charge in [-0.05, 0) is 0 Å². The Balaban J connectivity index is 2.82. The third-order valence-electron chi connectivity index (χ3n) is 0.303. The van der Waals surface area contributed by atoms with E-state index in [1.165, 1.54) is 0 Å². The first-order valence-corrected chi connectivity index (χ1v) is 1.63. The van der Waals surface area contributed by atoms with Crippen LogP contribution >= 0.6 is 0 Å². The lowest BCUT2D eigenvalue weighted by atomic mass is 10.8. The highest BCUT2D eigenvalue weighted by Crippen LogP contribution is 1.72. The number of hydrogen-bond donors (Lipinski definition) is 1. The first-order valence-electron chi connectivity index (χ1n) is 1.63. The summed E-state index contributed by atoms with van der Waals surface area (Å²) in [4.78, 5) is 9.47. The maximum absolute atomic E-state index is 10.9. The predicted molar refractivity (Wildman–Crippen MR) is 19.6 cm³/mol. The molecule has 0 radical (unpaired) electrons. The van der Waals surface area contributed by atoms with Gasteiger partial charge in [-0.15, -0.1) is 0 Å². The molecule has 0 saturated carbocycles. The first kappa shape index (κ1) is 6.36. The monoisotopic (exact) mass is 108 g/mol. The molecular formula is C3H5FO3. The molecule has 42 valence electrons. The largest absolute Gasteiger partial charge is 0.480 e. The number of hydrogen-bond acceptors (Lipinski definition) is 2. The van der Waals surface area contributed by atoms with Crippen molar-refractivity contribution in [1.82, 2.24) is 0 Å². The smallest absolute Gasteiger partial charge is 0.329 e. The molecule has 0 saturated heterocycles. The van der Waals surface area contributed by atoms with Crippen molar-refractivity contribution in [2.75, 3.05) is 13.5 Å². The van der Waals surface area contributed by atoms with E-state index in [-0.39, 0.29) is 0 Å². The molecule has 0 aromatic heterocycles. The van der Waals surface area contributed by atoms with Crippen LogP contribution in [0.25, 0.3) is 0 Å². The van der Waals surface area contributed by atoms with E-state index in [0.717, 1.165) is 0 Å².